The lowest BCUT2D eigenvalue weighted by atomic mass is 10.5. The molecule has 0 aliphatic rings. The van der Waals surface area contributed by atoms with Gasteiger partial charge in [0.15, 0.2) is 0 Å². The van der Waals surface area contributed by atoms with E-state index in [0.717, 1.165) is 6.42 Å². The normalized spacial score (nSPS) is 12.0. The Labute approximate surface area is 45.8 Å². The van der Waals surface area contributed by atoms with Gasteiger partial charge in [0.1, 0.15) is 0 Å². The molecule has 35 valence electrons. The van der Waals surface area contributed by atoms with Gasteiger partial charge in [-0.25, -0.2) is 0 Å². The molecular formula is C4H6BrO. The first-order valence-electron chi connectivity index (χ1n) is 1.80. The van der Waals surface area contributed by atoms with Crippen LogP contribution in [0.1, 0.15) is 13.3 Å². The van der Waals surface area contributed by atoms with Gasteiger partial charge >= 0.3 is 0 Å². The van der Waals surface area contributed by atoms with Crippen molar-refractivity contribution in [3.63, 3.8) is 0 Å². The van der Waals surface area contributed by atoms with Crippen LogP contribution < -0.4 is 0 Å². The standard InChI is InChI=1S/C4H6BrO/c1-2-3-4(5)6/h3H,2H2,1H3/b4-3+. The van der Waals surface area contributed by atoms with Crippen LogP contribution in [0.5, 0.6) is 0 Å². The predicted molar refractivity (Wildman–Crippen MR) is 28.0 cm³/mol. The second-order valence-electron chi connectivity index (χ2n) is 0.916. The molecular weight excluding hydrogens is 144 g/mol. The molecule has 0 N–H and O–H groups in total. The zero-order valence-corrected chi connectivity index (χ0v) is 5.16. The van der Waals surface area contributed by atoms with Crippen molar-refractivity contribution in [1.29, 1.82) is 0 Å². The number of hydrogen-bond donors (Lipinski definition) is 0. The van der Waals surface area contributed by atoms with Crippen molar-refractivity contribution in [3.8, 4) is 0 Å². The molecule has 2 heteroatoms. The summed E-state index contributed by atoms with van der Waals surface area (Å²) in [6.45, 7) is 1.92. The van der Waals surface area contributed by atoms with E-state index in [-0.39, 0.29) is 4.67 Å². The molecule has 0 unspecified atom stereocenters. The van der Waals surface area contributed by atoms with E-state index in [4.69, 9.17) is 0 Å². The van der Waals surface area contributed by atoms with Crippen LogP contribution in [0.15, 0.2) is 10.7 Å². The summed E-state index contributed by atoms with van der Waals surface area (Å²) in [5.41, 5.74) is 0. The lowest BCUT2D eigenvalue weighted by Crippen LogP contribution is -1.56. The molecule has 0 spiro atoms. The van der Waals surface area contributed by atoms with Crippen LogP contribution in [0.4, 0.5) is 0 Å². The molecule has 0 aliphatic heterocycles. The maximum absolute atomic E-state index is 9.90. The molecule has 0 bridgehead atoms. The maximum Gasteiger partial charge on any atom is 0.216 e. The van der Waals surface area contributed by atoms with Crippen molar-refractivity contribution in [2.24, 2.45) is 0 Å². The van der Waals surface area contributed by atoms with Crippen LogP contribution >= 0.6 is 15.9 Å². The Bertz CT molecular complexity index is 54.6. The highest BCUT2D eigenvalue weighted by Gasteiger charge is 1.77. The number of allylic oxidation sites excluding steroid dienone is 1. The number of halogens is 1. The molecule has 1 nitrogen and oxygen atoms in total. The summed E-state index contributed by atoms with van der Waals surface area (Å²) >= 11 is 2.74. The summed E-state index contributed by atoms with van der Waals surface area (Å²) in [5, 5.41) is 9.90. The lowest BCUT2D eigenvalue weighted by Gasteiger charge is -1.72. The third-order valence-corrected chi connectivity index (χ3v) is 0.688. The molecule has 1 radical (unpaired) electrons. The van der Waals surface area contributed by atoms with Crippen LogP contribution in [-0.4, -0.2) is 0 Å². The summed E-state index contributed by atoms with van der Waals surface area (Å²) in [6.07, 6.45) is 2.38. The lowest BCUT2D eigenvalue weighted by molar-refractivity contribution is 0.338. The fraction of sp³-hybridized carbons (Fsp3) is 0.500. The summed E-state index contributed by atoms with van der Waals surface area (Å²) in [4.78, 5) is 0. The van der Waals surface area contributed by atoms with Crippen molar-refractivity contribution in [1.82, 2.24) is 0 Å². The van der Waals surface area contributed by atoms with Gasteiger partial charge in [-0.2, -0.15) is 0 Å². The number of hydrogen-bond acceptors (Lipinski definition) is 0. The second-order valence-corrected chi connectivity index (χ2v) is 1.70. The molecule has 0 saturated carbocycles. The number of rotatable bonds is 1. The molecule has 0 heterocycles. The smallest absolute Gasteiger partial charge is 0.216 e. The van der Waals surface area contributed by atoms with E-state index in [1.807, 2.05) is 6.92 Å². The Balaban J connectivity index is 3.14. The highest BCUT2D eigenvalue weighted by Crippen LogP contribution is 1.99. The third-order valence-electron chi connectivity index (χ3n) is 0.365. The fourth-order valence-corrected chi connectivity index (χ4v) is 0.484. The van der Waals surface area contributed by atoms with Gasteiger partial charge in [0, 0.05) is 0 Å². The molecule has 0 rings (SSSR count). The molecule has 0 fully saturated rings. The second kappa shape index (κ2) is 3.22. The van der Waals surface area contributed by atoms with Gasteiger partial charge in [0.05, 0.1) is 0 Å². The average Bonchev–Trinajstić information content (AvgIpc) is 1.35. The van der Waals surface area contributed by atoms with Crippen LogP contribution in [-0.2, 0) is 5.11 Å². The molecule has 0 aliphatic carbocycles. The maximum atomic E-state index is 9.90. The van der Waals surface area contributed by atoms with E-state index < -0.39 is 0 Å². The predicted octanol–water partition coefficient (Wildman–Crippen LogP) is 2.06. The van der Waals surface area contributed by atoms with Crippen molar-refractivity contribution in [2.75, 3.05) is 0 Å². The topological polar surface area (TPSA) is 19.9 Å². The van der Waals surface area contributed by atoms with E-state index in [1.54, 1.807) is 6.08 Å². The van der Waals surface area contributed by atoms with Crippen LogP contribution in [0.2, 0.25) is 0 Å². The van der Waals surface area contributed by atoms with E-state index in [2.05, 4.69) is 15.9 Å². The zero-order chi connectivity index (χ0) is 4.99. The van der Waals surface area contributed by atoms with Gasteiger partial charge in [-0.05, 0) is 28.4 Å². The van der Waals surface area contributed by atoms with Gasteiger partial charge in [-0.15, -0.1) is 0 Å². The average molecular weight is 150 g/mol. The molecule has 0 atom stereocenters. The molecule has 0 amide bonds. The quantitative estimate of drug-likeness (QED) is 0.510. The Morgan fingerprint density at radius 3 is 2.50 bits per heavy atom. The summed E-state index contributed by atoms with van der Waals surface area (Å²) < 4.78 is -0.0231. The summed E-state index contributed by atoms with van der Waals surface area (Å²) in [6, 6.07) is 0. The van der Waals surface area contributed by atoms with Gasteiger partial charge in [-0.3, -0.25) is 5.11 Å². The zero-order valence-electron chi connectivity index (χ0n) is 3.57. The molecule has 0 aromatic rings. The van der Waals surface area contributed by atoms with Crippen molar-refractivity contribution in [3.05, 3.63) is 10.7 Å². The van der Waals surface area contributed by atoms with E-state index in [1.165, 1.54) is 0 Å². The van der Waals surface area contributed by atoms with Crippen molar-refractivity contribution >= 4 is 15.9 Å². The first kappa shape index (κ1) is 6.02. The van der Waals surface area contributed by atoms with E-state index >= 15 is 0 Å². The monoisotopic (exact) mass is 149 g/mol. The molecule has 0 aromatic heterocycles. The fourth-order valence-electron chi connectivity index (χ4n) is 0.160. The van der Waals surface area contributed by atoms with E-state index in [0.29, 0.717) is 0 Å². The van der Waals surface area contributed by atoms with Gasteiger partial charge in [-0.1, -0.05) is 6.92 Å². The van der Waals surface area contributed by atoms with Crippen LogP contribution in [0.25, 0.3) is 0 Å². The largest absolute Gasteiger partial charge is 0.282 e. The van der Waals surface area contributed by atoms with Gasteiger partial charge < -0.3 is 0 Å². The Morgan fingerprint density at radius 1 is 2.00 bits per heavy atom. The van der Waals surface area contributed by atoms with E-state index in [9.17, 15) is 5.11 Å². The Hall–Kier alpha value is 0.0200. The van der Waals surface area contributed by atoms with Crippen LogP contribution in [0, 0.1) is 0 Å². The highest BCUT2D eigenvalue weighted by atomic mass is 79.9. The van der Waals surface area contributed by atoms with Crippen LogP contribution in [0.3, 0.4) is 0 Å². The first-order valence-corrected chi connectivity index (χ1v) is 2.59. The highest BCUT2D eigenvalue weighted by molar-refractivity contribution is 9.11. The Morgan fingerprint density at radius 2 is 2.50 bits per heavy atom. The summed E-state index contributed by atoms with van der Waals surface area (Å²) in [7, 11) is 0. The molecule has 6 heavy (non-hydrogen) atoms. The minimum atomic E-state index is -0.0231. The minimum absolute atomic E-state index is 0.0231. The first-order chi connectivity index (χ1) is 2.77. The van der Waals surface area contributed by atoms with Crippen molar-refractivity contribution in [2.45, 2.75) is 13.3 Å². The SMILES string of the molecule is CC/C=C(/[O])Br. The van der Waals surface area contributed by atoms with Crippen molar-refractivity contribution < 1.29 is 5.11 Å². The summed E-state index contributed by atoms with van der Waals surface area (Å²) in [5.74, 6) is 0. The molecule has 0 aromatic carbocycles. The third kappa shape index (κ3) is 4.02. The minimum Gasteiger partial charge on any atom is -0.282 e. The van der Waals surface area contributed by atoms with Gasteiger partial charge in [0.25, 0.3) is 0 Å². The Kier molecular flexibility index (Phi) is 3.23. The van der Waals surface area contributed by atoms with Gasteiger partial charge in [0.2, 0.25) is 4.67 Å². The molecule has 0 saturated heterocycles.